The van der Waals surface area contributed by atoms with E-state index in [1.165, 1.54) is 0 Å². The second-order valence-corrected chi connectivity index (χ2v) is 9.11. The van der Waals surface area contributed by atoms with Crippen LogP contribution < -0.4 is 11.5 Å². The zero-order valence-corrected chi connectivity index (χ0v) is 19.6. The number of nitrogens with zero attached hydrogens (tertiary/aromatic N) is 6. The molecule has 6 rings (SSSR count). The highest BCUT2D eigenvalue weighted by Gasteiger charge is 2.24. The number of nitrogens with two attached hydrogens (primary N) is 2. The third kappa shape index (κ3) is 3.68. The Hall–Kier alpha value is -4.63. The van der Waals surface area contributed by atoms with Gasteiger partial charge in [0.15, 0.2) is 17.2 Å². The Balaban J connectivity index is 1.63. The Kier molecular flexibility index (Phi) is 4.97. The number of hydrogen-bond acceptors (Lipinski definition) is 8. The molecule has 3 aromatic carbocycles. The molecule has 8 nitrogen and oxygen atoms in total. The van der Waals surface area contributed by atoms with E-state index in [1.807, 2.05) is 85.8 Å². The highest BCUT2D eigenvalue weighted by Crippen LogP contribution is 2.42. The monoisotopic (exact) mass is 476 g/mol. The molecule has 0 aliphatic carbocycles. The van der Waals surface area contributed by atoms with Crippen molar-refractivity contribution in [3.05, 3.63) is 84.4 Å². The molecule has 0 amide bonds. The van der Waals surface area contributed by atoms with E-state index in [0.717, 1.165) is 32.0 Å². The van der Waals surface area contributed by atoms with E-state index in [9.17, 15) is 0 Å². The fraction of sp³-hybridized carbons (Fsp3) is 0.0385. The normalized spacial score (nSPS) is 11.7. The van der Waals surface area contributed by atoms with E-state index in [0.29, 0.717) is 28.4 Å². The van der Waals surface area contributed by atoms with E-state index in [1.54, 1.807) is 15.9 Å². The molecule has 0 spiro atoms. The minimum absolute atomic E-state index is 0.214. The first-order valence-electron chi connectivity index (χ1n) is 11.0. The van der Waals surface area contributed by atoms with Crippen molar-refractivity contribution in [1.29, 1.82) is 0 Å². The first-order valence-corrected chi connectivity index (χ1v) is 11.8. The molecule has 0 saturated heterocycles. The Bertz CT molecular complexity index is 1680. The first kappa shape index (κ1) is 20.9. The van der Waals surface area contributed by atoms with Gasteiger partial charge in [0.2, 0.25) is 0 Å². The minimum atomic E-state index is 0.214. The molecule has 9 heteroatoms. The van der Waals surface area contributed by atoms with Gasteiger partial charge in [-0.25, -0.2) is 14.5 Å². The van der Waals surface area contributed by atoms with E-state index in [-0.39, 0.29) is 5.82 Å². The van der Waals surface area contributed by atoms with Crippen molar-refractivity contribution < 1.29 is 0 Å². The predicted octanol–water partition coefficient (Wildman–Crippen LogP) is 6.56. The number of benzene rings is 3. The summed E-state index contributed by atoms with van der Waals surface area (Å²) >= 11 is 1.56. The summed E-state index contributed by atoms with van der Waals surface area (Å²) in [5, 5.41) is 14.1. The Morgan fingerprint density at radius 2 is 1.54 bits per heavy atom. The summed E-state index contributed by atoms with van der Waals surface area (Å²) in [6.45, 7) is 2.04. The molecule has 6 aromatic rings. The topological polar surface area (TPSA) is 120 Å². The van der Waals surface area contributed by atoms with Crippen LogP contribution in [-0.4, -0.2) is 19.6 Å². The average molecular weight is 477 g/mol. The second-order valence-electron chi connectivity index (χ2n) is 8.08. The maximum atomic E-state index is 6.60. The number of azo groups is 1. The SMILES string of the molecule is Cc1ccc(-c2c(-c3nc4ccccc4s3)c(N)nc3c(N=Nc4ccccc4)c(N)nn23)cc1. The lowest BCUT2D eigenvalue weighted by Crippen LogP contribution is -2.05. The molecule has 4 N–H and O–H groups in total. The third-order valence-corrected chi connectivity index (χ3v) is 6.70. The van der Waals surface area contributed by atoms with Crippen LogP contribution in [0.25, 0.3) is 37.7 Å². The van der Waals surface area contributed by atoms with Gasteiger partial charge >= 0.3 is 0 Å². The van der Waals surface area contributed by atoms with Crippen LogP contribution in [0.4, 0.5) is 23.0 Å². The van der Waals surface area contributed by atoms with Crippen LogP contribution in [0.3, 0.4) is 0 Å². The molecular formula is C26H20N8S. The largest absolute Gasteiger partial charge is 0.383 e. The summed E-state index contributed by atoms with van der Waals surface area (Å²) in [6, 6.07) is 25.6. The lowest BCUT2D eigenvalue weighted by molar-refractivity contribution is 0.957. The molecule has 0 fully saturated rings. The van der Waals surface area contributed by atoms with Gasteiger partial charge < -0.3 is 11.5 Å². The number of fused-ring (bicyclic) bond motifs is 2. The smallest absolute Gasteiger partial charge is 0.187 e. The number of aryl methyl sites for hydroxylation is 1. The Morgan fingerprint density at radius 1 is 0.800 bits per heavy atom. The molecule has 0 aliphatic heterocycles. The summed E-state index contributed by atoms with van der Waals surface area (Å²) in [7, 11) is 0. The lowest BCUT2D eigenvalue weighted by Gasteiger charge is -2.12. The van der Waals surface area contributed by atoms with Crippen molar-refractivity contribution in [2.24, 2.45) is 10.2 Å². The van der Waals surface area contributed by atoms with Crippen LogP contribution in [0.2, 0.25) is 0 Å². The van der Waals surface area contributed by atoms with Crippen LogP contribution in [0.15, 0.2) is 89.1 Å². The van der Waals surface area contributed by atoms with Gasteiger partial charge in [-0.05, 0) is 31.2 Å². The van der Waals surface area contributed by atoms with Gasteiger partial charge in [0.1, 0.15) is 10.8 Å². The molecule has 0 bridgehead atoms. The van der Waals surface area contributed by atoms with E-state index < -0.39 is 0 Å². The number of para-hydroxylation sites is 1. The van der Waals surface area contributed by atoms with Gasteiger partial charge in [0, 0.05) is 5.56 Å². The minimum Gasteiger partial charge on any atom is -0.383 e. The van der Waals surface area contributed by atoms with E-state index >= 15 is 0 Å². The summed E-state index contributed by atoms with van der Waals surface area (Å²) in [6.07, 6.45) is 0. The van der Waals surface area contributed by atoms with Gasteiger partial charge in [-0.1, -0.05) is 60.2 Å². The van der Waals surface area contributed by atoms with Crippen molar-refractivity contribution in [1.82, 2.24) is 19.6 Å². The molecule has 3 heterocycles. The van der Waals surface area contributed by atoms with E-state index in [4.69, 9.17) is 16.5 Å². The van der Waals surface area contributed by atoms with Crippen LogP contribution in [0, 0.1) is 6.92 Å². The Morgan fingerprint density at radius 3 is 2.31 bits per heavy atom. The highest BCUT2D eigenvalue weighted by atomic mass is 32.1. The number of aromatic nitrogens is 4. The van der Waals surface area contributed by atoms with Gasteiger partial charge in [0.05, 0.1) is 27.2 Å². The van der Waals surface area contributed by atoms with Gasteiger partial charge in [-0.3, -0.25) is 0 Å². The fourth-order valence-corrected chi connectivity index (χ4v) is 4.96. The van der Waals surface area contributed by atoms with Crippen LogP contribution in [0.1, 0.15) is 5.56 Å². The van der Waals surface area contributed by atoms with Gasteiger partial charge in [0.25, 0.3) is 0 Å². The molecule has 35 heavy (non-hydrogen) atoms. The summed E-state index contributed by atoms with van der Waals surface area (Å²) in [5.41, 5.74) is 18.8. The summed E-state index contributed by atoms with van der Waals surface area (Å²) < 4.78 is 2.76. The molecule has 0 unspecified atom stereocenters. The maximum Gasteiger partial charge on any atom is 0.187 e. The summed E-state index contributed by atoms with van der Waals surface area (Å²) in [4.78, 5) is 9.51. The van der Waals surface area contributed by atoms with Crippen LogP contribution >= 0.6 is 11.3 Å². The zero-order chi connectivity index (χ0) is 23.9. The molecule has 0 saturated carbocycles. The number of rotatable bonds is 4. The quantitative estimate of drug-likeness (QED) is 0.279. The average Bonchev–Trinajstić information content (AvgIpc) is 3.43. The summed E-state index contributed by atoms with van der Waals surface area (Å²) in [5.74, 6) is 0.537. The zero-order valence-electron chi connectivity index (χ0n) is 18.8. The Labute approximate surface area is 204 Å². The maximum absolute atomic E-state index is 6.60. The van der Waals surface area contributed by atoms with Crippen molar-refractivity contribution in [2.75, 3.05) is 11.5 Å². The fourth-order valence-electron chi connectivity index (χ4n) is 3.94. The third-order valence-electron chi connectivity index (χ3n) is 5.65. The van der Waals surface area contributed by atoms with Crippen LogP contribution in [0.5, 0.6) is 0 Å². The predicted molar refractivity (Wildman–Crippen MR) is 141 cm³/mol. The standard InChI is InChI=1S/C26H20N8S/c1-15-11-13-16(14-12-15)22-20(26-29-18-9-5-6-10-19(18)35-26)23(27)30-25-21(24(28)33-34(22)25)32-31-17-7-3-2-4-8-17/h2-14H,1H3,(H2,27,30)(H2,28,33). The molecule has 0 radical (unpaired) electrons. The molecular weight excluding hydrogens is 456 g/mol. The first-order chi connectivity index (χ1) is 17.1. The second kappa shape index (κ2) is 8.30. The highest BCUT2D eigenvalue weighted by molar-refractivity contribution is 7.21. The number of hydrogen-bond donors (Lipinski definition) is 2. The van der Waals surface area contributed by atoms with Crippen LogP contribution in [-0.2, 0) is 0 Å². The lowest BCUT2D eigenvalue weighted by atomic mass is 10.0. The number of thiazole rings is 1. The van der Waals surface area contributed by atoms with Gasteiger partial charge in [-0.15, -0.1) is 21.5 Å². The van der Waals surface area contributed by atoms with E-state index in [2.05, 4.69) is 20.3 Å². The van der Waals surface area contributed by atoms with Crippen molar-refractivity contribution >= 4 is 50.2 Å². The molecule has 0 atom stereocenters. The molecule has 170 valence electrons. The van der Waals surface area contributed by atoms with Gasteiger partial charge in [-0.2, -0.15) is 5.11 Å². The van der Waals surface area contributed by atoms with Crippen molar-refractivity contribution in [3.8, 4) is 21.8 Å². The van der Waals surface area contributed by atoms with Crippen molar-refractivity contribution in [2.45, 2.75) is 6.92 Å². The number of nitrogen functional groups attached to an aromatic ring is 2. The van der Waals surface area contributed by atoms with Crippen molar-refractivity contribution in [3.63, 3.8) is 0 Å². The molecule has 3 aromatic heterocycles. The molecule has 0 aliphatic rings. The number of anilines is 2.